The molecule has 1 heterocycles. The Morgan fingerprint density at radius 1 is 1.11 bits per heavy atom. The Morgan fingerprint density at radius 2 is 1.74 bits per heavy atom. The zero-order chi connectivity index (χ0) is 13.9. The topological polar surface area (TPSA) is 67.5 Å². The molecule has 1 rings (SSSR count). The van der Waals surface area contributed by atoms with Gasteiger partial charge in [-0.15, -0.1) is 0 Å². The third-order valence-electron chi connectivity index (χ3n) is 3.87. The second-order valence-corrected chi connectivity index (χ2v) is 5.71. The van der Waals surface area contributed by atoms with E-state index in [2.05, 4.69) is 12.2 Å². The van der Waals surface area contributed by atoms with E-state index in [1.807, 2.05) is 0 Å². The van der Waals surface area contributed by atoms with Gasteiger partial charge in [0.1, 0.15) is 0 Å². The average Bonchev–Trinajstić information content (AvgIpc) is 2.73. The predicted molar refractivity (Wildman–Crippen MR) is 79.2 cm³/mol. The van der Waals surface area contributed by atoms with Crippen LogP contribution in [-0.4, -0.2) is 43.1 Å². The molecule has 0 amide bonds. The smallest absolute Gasteiger partial charge is 0.0987 e. The Kier molecular flexibility index (Phi) is 9.43. The Labute approximate surface area is 118 Å². The number of rotatable bonds is 11. The molecule has 1 fully saturated rings. The third kappa shape index (κ3) is 7.25. The van der Waals surface area contributed by atoms with Crippen LogP contribution in [0.15, 0.2) is 0 Å². The van der Waals surface area contributed by atoms with E-state index in [4.69, 9.17) is 10.5 Å². The summed E-state index contributed by atoms with van der Waals surface area (Å²) in [5, 5.41) is 13.1. The van der Waals surface area contributed by atoms with Crippen LogP contribution in [0.25, 0.3) is 0 Å². The molecular weight excluding hydrogens is 240 g/mol. The first-order chi connectivity index (χ1) is 9.25. The number of nitrogens with one attached hydrogen (secondary N) is 1. The molecule has 0 saturated carbocycles. The molecule has 0 bridgehead atoms. The fourth-order valence-electron chi connectivity index (χ4n) is 2.52. The van der Waals surface area contributed by atoms with Gasteiger partial charge in [-0.1, -0.05) is 51.9 Å². The van der Waals surface area contributed by atoms with Crippen molar-refractivity contribution in [1.82, 2.24) is 5.32 Å². The highest BCUT2D eigenvalue weighted by Gasteiger charge is 2.32. The summed E-state index contributed by atoms with van der Waals surface area (Å²) < 4.78 is 5.42. The number of hydrogen-bond donors (Lipinski definition) is 3. The lowest BCUT2D eigenvalue weighted by Crippen LogP contribution is -2.41. The maximum atomic E-state index is 9.71. The summed E-state index contributed by atoms with van der Waals surface area (Å²) >= 11 is 0. The fourth-order valence-corrected chi connectivity index (χ4v) is 2.52. The summed E-state index contributed by atoms with van der Waals surface area (Å²) in [5.41, 5.74) is 5.69. The van der Waals surface area contributed by atoms with E-state index >= 15 is 0 Å². The average molecular weight is 272 g/mol. The van der Waals surface area contributed by atoms with E-state index < -0.39 is 6.10 Å². The van der Waals surface area contributed by atoms with Crippen LogP contribution < -0.4 is 11.1 Å². The van der Waals surface area contributed by atoms with E-state index in [-0.39, 0.29) is 12.1 Å². The molecule has 0 spiro atoms. The van der Waals surface area contributed by atoms with Gasteiger partial charge in [-0.05, 0) is 13.0 Å². The Hall–Kier alpha value is -0.160. The lowest BCUT2D eigenvalue weighted by Gasteiger charge is -2.15. The molecular formula is C15H32N2O2. The SMILES string of the molecule is CCCCCCCCCCNC[C@@H]1OC[C@H](N)[C@H]1O. The summed E-state index contributed by atoms with van der Waals surface area (Å²) in [5.74, 6) is 0. The first-order valence-corrected chi connectivity index (χ1v) is 8.01. The van der Waals surface area contributed by atoms with Crippen molar-refractivity contribution in [1.29, 1.82) is 0 Å². The summed E-state index contributed by atoms with van der Waals surface area (Å²) in [6.07, 6.45) is 10.1. The van der Waals surface area contributed by atoms with Crippen LogP contribution in [0.3, 0.4) is 0 Å². The Bertz CT molecular complexity index is 214. The van der Waals surface area contributed by atoms with Crippen molar-refractivity contribution < 1.29 is 9.84 Å². The molecule has 1 aliphatic rings. The molecule has 0 aromatic carbocycles. The molecule has 0 aliphatic carbocycles. The zero-order valence-electron chi connectivity index (χ0n) is 12.4. The second-order valence-electron chi connectivity index (χ2n) is 5.71. The van der Waals surface area contributed by atoms with Crippen molar-refractivity contribution in [2.24, 2.45) is 5.73 Å². The van der Waals surface area contributed by atoms with Crippen LogP contribution in [0.4, 0.5) is 0 Å². The Balaban J connectivity index is 1.81. The highest BCUT2D eigenvalue weighted by molar-refractivity contribution is 4.87. The van der Waals surface area contributed by atoms with Gasteiger partial charge in [0, 0.05) is 6.54 Å². The van der Waals surface area contributed by atoms with E-state index in [1.165, 1.54) is 51.4 Å². The largest absolute Gasteiger partial charge is 0.389 e. The molecule has 0 aromatic heterocycles. The number of nitrogens with two attached hydrogens (primary N) is 1. The molecule has 3 atom stereocenters. The Morgan fingerprint density at radius 3 is 2.32 bits per heavy atom. The number of ether oxygens (including phenoxy) is 1. The molecule has 19 heavy (non-hydrogen) atoms. The van der Waals surface area contributed by atoms with Gasteiger partial charge in [-0.25, -0.2) is 0 Å². The van der Waals surface area contributed by atoms with Crippen molar-refractivity contribution in [2.45, 2.75) is 76.5 Å². The number of aliphatic hydroxyl groups excluding tert-OH is 1. The number of aliphatic hydroxyl groups is 1. The summed E-state index contributed by atoms with van der Waals surface area (Å²) in [6, 6.07) is -0.213. The lowest BCUT2D eigenvalue weighted by atomic mass is 10.1. The lowest BCUT2D eigenvalue weighted by molar-refractivity contribution is 0.0419. The molecule has 4 N–H and O–H groups in total. The van der Waals surface area contributed by atoms with Gasteiger partial charge < -0.3 is 20.9 Å². The zero-order valence-corrected chi connectivity index (χ0v) is 12.4. The molecule has 114 valence electrons. The van der Waals surface area contributed by atoms with Crippen LogP contribution in [0.2, 0.25) is 0 Å². The summed E-state index contributed by atoms with van der Waals surface area (Å²) in [7, 11) is 0. The monoisotopic (exact) mass is 272 g/mol. The molecule has 1 saturated heterocycles. The highest BCUT2D eigenvalue weighted by atomic mass is 16.5. The maximum absolute atomic E-state index is 9.71. The van der Waals surface area contributed by atoms with E-state index in [0.29, 0.717) is 13.2 Å². The summed E-state index contributed by atoms with van der Waals surface area (Å²) in [4.78, 5) is 0. The highest BCUT2D eigenvalue weighted by Crippen LogP contribution is 2.12. The van der Waals surface area contributed by atoms with Gasteiger partial charge in [0.25, 0.3) is 0 Å². The van der Waals surface area contributed by atoms with Crippen LogP contribution in [0.1, 0.15) is 58.3 Å². The summed E-state index contributed by atoms with van der Waals surface area (Å²) in [6.45, 7) is 4.46. The number of unbranched alkanes of at least 4 members (excludes halogenated alkanes) is 7. The van der Waals surface area contributed by atoms with Gasteiger partial charge in [0.15, 0.2) is 0 Å². The van der Waals surface area contributed by atoms with Crippen LogP contribution in [0, 0.1) is 0 Å². The van der Waals surface area contributed by atoms with E-state index in [9.17, 15) is 5.11 Å². The van der Waals surface area contributed by atoms with Gasteiger partial charge in [-0.3, -0.25) is 0 Å². The van der Waals surface area contributed by atoms with Crippen molar-refractivity contribution in [3.8, 4) is 0 Å². The van der Waals surface area contributed by atoms with Crippen LogP contribution in [-0.2, 0) is 4.74 Å². The molecule has 0 radical (unpaired) electrons. The maximum Gasteiger partial charge on any atom is 0.0987 e. The van der Waals surface area contributed by atoms with Gasteiger partial charge >= 0.3 is 0 Å². The quantitative estimate of drug-likeness (QED) is 0.502. The van der Waals surface area contributed by atoms with Crippen molar-refractivity contribution >= 4 is 0 Å². The van der Waals surface area contributed by atoms with Gasteiger partial charge in [0.2, 0.25) is 0 Å². The third-order valence-corrected chi connectivity index (χ3v) is 3.87. The molecule has 4 nitrogen and oxygen atoms in total. The minimum absolute atomic E-state index is 0.121. The van der Waals surface area contributed by atoms with Gasteiger partial charge in [0.05, 0.1) is 24.9 Å². The van der Waals surface area contributed by atoms with Crippen molar-refractivity contribution in [2.75, 3.05) is 19.7 Å². The second kappa shape index (κ2) is 10.6. The van der Waals surface area contributed by atoms with Gasteiger partial charge in [-0.2, -0.15) is 0 Å². The first-order valence-electron chi connectivity index (χ1n) is 8.01. The molecule has 0 unspecified atom stereocenters. The minimum atomic E-state index is -0.508. The molecule has 0 aromatic rings. The standard InChI is InChI=1S/C15H32N2O2/c1-2-3-4-5-6-7-8-9-10-17-11-14-15(18)13(16)12-19-14/h13-15,17-18H,2-12,16H2,1H3/t13-,14-,15+/m0/s1. The van der Waals surface area contributed by atoms with E-state index in [0.717, 1.165) is 6.54 Å². The van der Waals surface area contributed by atoms with Crippen LogP contribution >= 0.6 is 0 Å². The minimum Gasteiger partial charge on any atom is -0.389 e. The van der Waals surface area contributed by atoms with Crippen molar-refractivity contribution in [3.63, 3.8) is 0 Å². The first kappa shape index (κ1) is 16.9. The normalized spacial score (nSPS) is 27.0. The predicted octanol–water partition coefficient (Wildman–Crippen LogP) is 1.80. The number of hydrogen-bond acceptors (Lipinski definition) is 4. The van der Waals surface area contributed by atoms with E-state index in [1.54, 1.807) is 0 Å². The van der Waals surface area contributed by atoms with Crippen LogP contribution in [0.5, 0.6) is 0 Å². The fraction of sp³-hybridized carbons (Fsp3) is 1.00. The van der Waals surface area contributed by atoms with Crippen molar-refractivity contribution in [3.05, 3.63) is 0 Å². The molecule has 4 heteroatoms. The molecule has 1 aliphatic heterocycles.